The van der Waals surface area contributed by atoms with Crippen LogP contribution in [0.1, 0.15) is 18.4 Å². The maximum absolute atomic E-state index is 13.0. The van der Waals surface area contributed by atoms with E-state index in [1.165, 1.54) is 13.2 Å². The van der Waals surface area contributed by atoms with Gasteiger partial charge in [0.2, 0.25) is 10.0 Å². The van der Waals surface area contributed by atoms with Crippen LogP contribution < -0.4 is 10.0 Å². The minimum absolute atomic E-state index is 0.0324. The van der Waals surface area contributed by atoms with E-state index in [0.717, 1.165) is 24.6 Å². The van der Waals surface area contributed by atoms with E-state index in [1.807, 2.05) is 0 Å². The van der Waals surface area contributed by atoms with Gasteiger partial charge >= 0.3 is 6.18 Å². The highest BCUT2D eigenvalue weighted by atomic mass is 32.2. The zero-order chi connectivity index (χ0) is 17.1. The maximum Gasteiger partial charge on any atom is 0.417 e. The molecule has 0 spiro atoms. The number of rotatable bonds is 6. The molecule has 0 aromatic heterocycles. The molecule has 1 aromatic rings. The number of methoxy groups -OCH3 is 1. The van der Waals surface area contributed by atoms with Crippen molar-refractivity contribution in [3.05, 3.63) is 29.8 Å². The molecule has 2 rings (SSSR count). The number of nitrogens with one attached hydrogen (secondary N) is 2. The fourth-order valence-corrected chi connectivity index (χ4v) is 4.07. The Morgan fingerprint density at radius 1 is 1.35 bits per heavy atom. The molecule has 0 amide bonds. The van der Waals surface area contributed by atoms with Crippen molar-refractivity contribution < 1.29 is 26.3 Å². The Kier molecular flexibility index (Phi) is 5.34. The molecule has 1 fully saturated rings. The monoisotopic (exact) mass is 352 g/mol. The Labute approximate surface area is 133 Å². The van der Waals surface area contributed by atoms with Gasteiger partial charge in [-0.2, -0.15) is 13.2 Å². The lowest BCUT2D eigenvalue weighted by Crippen LogP contribution is -2.53. The van der Waals surface area contributed by atoms with Gasteiger partial charge in [0.05, 0.1) is 22.6 Å². The molecule has 0 bridgehead atoms. The summed E-state index contributed by atoms with van der Waals surface area (Å²) in [5.74, 6) is 0. The molecule has 23 heavy (non-hydrogen) atoms. The first kappa shape index (κ1) is 18.2. The van der Waals surface area contributed by atoms with Crippen molar-refractivity contribution >= 4 is 10.0 Å². The first-order valence-electron chi connectivity index (χ1n) is 7.10. The van der Waals surface area contributed by atoms with Crippen LogP contribution in [0.2, 0.25) is 0 Å². The molecule has 1 aromatic carbocycles. The summed E-state index contributed by atoms with van der Waals surface area (Å²) in [4.78, 5) is -0.766. The number of halogens is 3. The molecule has 5 nitrogen and oxygen atoms in total. The summed E-state index contributed by atoms with van der Waals surface area (Å²) in [6.45, 7) is 0.954. The molecule has 1 aliphatic rings. The summed E-state index contributed by atoms with van der Waals surface area (Å²) in [5, 5.41) is 3.17. The van der Waals surface area contributed by atoms with E-state index in [4.69, 9.17) is 4.74 Å². The Morgan fingerprint density at radius 3 is 2.61 bits per heavy atom. The number of hydrogen-bond donors (Lipinski definition) is 2. The number of hydrogen-bond acceptors (Lipinski definition) is 4. The van der Waals surface area contributed by atoms with Crippen molar-refractivity contribution in [2.75, 3.05) is 26.8 Å². The third kappa shape index (κ3) is 4.23. The molecule has 1 saturated heterocycles. The molecular formula is C14H19F3N2O3S. The molecule has 0 saturated carbocycles. The van der Waals surface area contributed by atoms with Crippen molar-refractivity contribution in [2.24, 2.45) is 0 Å². The summed E-state index contributed by atoms with van der Waals surface area (Å²) < 4.78 is 71.0. The van der Waals surface area contributed by atoms with Crippen LogP contribution in [0.5, 0.6) is 0 Å². The van der Waals surface area contributed by atoms with Gasteiger partial charge in [0.15, 0.2) is 0 Å². The SMILES string of the molecule is COCC1(CNS(=O)(=O)c2ccccc2C(F)(F)F)CCCN1. The number of sulfonamides is 1. The quantitative estimate of drug-likeness (QED) is 0.819. The molecule has 1 unspecified atom stereocenters. The fourth-order valence-electron chi connectivity index (χ4n) is 2.72. The highest BCUT2D eigenvalue weighted by Crippen LogP contribution is 2.34. The standard InChI is InChI=1S/C14H19F3N2O3S/c1-22-10-13(7-4-8-18-13)9-19-23(20,21)12-6-3-2-5-11(12)14(15,16)17/h2-3,5-6,18-19H,4,7-10H2,1H3. The van der Waals surface area contributed by atoms with E-state index in [9.17, 15) is 21.6 Å². The second-order valence-electron chi connectivity index (χ2n) is 5.56. The van der Waals surface area contributed by atoms with Gasteiger partial charge in [0, 0.05) is 13.7 Å². The second kappa shape index (κ2) is 6.76. The summed E-state index contributed by atoms with van der Waals surface area (Å²) in [7, 11) is -2.79. The Morgan fingerprint density at radius 2 is 2.04 bits per heavy atom. The topological polar surface area (TPSA) is 67.4 Å². The second-order valence-corrected chi connectivity index (χ2v) is 7.30. The van der Waals surface area contributed by atoms with Gasteiger partial charge in [-0.05, 0) is 31.5 Å². The van der Waals surface area contributed by atoms with Gasteiger partial charge in [-0.25, -0.2) is 13.1 Å². The summed E-state index contributed by atoms with van der Waals surface area (Å²) in [5.41, 5.74) is -1.76. The van der Waals surface area contributed by atoms with Crippen molar-refractivity contribution in [1.29, 1.82) is 0 Å². The third-order valence-electron chi connectivity index (χ3n) is 3.84. The van der Waals surface area contributed by atoms with Crippen LogP contribution in [0.15, 0.2) is 29.2 Å². The lowest BCUT2D eigenvalue weighted by Gasteiger charge is -2.29. The molecule has 0 aliphatic carbocycles. The largest absolute Gasteiger partial charge is 0.417 e. The third-order valence-corrected chi connectivity index (χ3v) is 5.29. The van der Waals surface area contributed by atoms with Crippen LogP contribution in [-0.2, 0) is 20.9 Å². The van der Waals surface area contributed by atoms with Gasteiger partial charge in [0.1, 0.15) is 0 Å². The number of ether oxygens (including phenoxy) is 1. The zero-order valence-electron chi connectivity index (χ0n) is 12.6. The van der Waals surface area contributed by atoms with Gasteiger partial charge < -0.3 is 10.1 Å². The van der Waals surface area contributed by atoms with Crippen LogP contribution in [0, 0.1) is 0 Å². The van der Waals surface area contributed by atoms with Crippen LogP contribution in [-0.4, -0.2) is 40.8 Å². The van der Waals surface area contributed by atoms with E-state index in [0.29, 0.717) is 13.0 Å². The van der Waals surface area contributed by atoms with Crippen LogP contribution in [0.4, 0.5) is 13.2 Å². The molecule has 1 heterocycles. The highest BCUT2D eigenvalue weighted by molar-refractivity contribution is 7.89. The average Bonchev–Trinajstić information content (AvgIpc) is 2.94. The Hall–Kier alpha value is -1.16. The fraction of sp³-hybridized carbons (Fsp3) is 0.571. The number of alkyl halides is 3. The van der Waals surface area contributed by atoms with E-state index < -0.39 is 32.2 Å². The number of benzene rings is 1. The average molecular weight is 352 g/mol. The molecular weight excluding hydrogens is 333 g/mol. The van der Waals surface area contributed by atoms with Gasteiger partial charge in [-0.1, -0.05) is 12.1 Å². The van der Waals surface area contributed by atoms with Crippen molar-refractivity contribution in [1.82, 2.24) is 10.0 Å². The van der Waals surface area contributed by atoms with Crippen molar-refractivity contribution in [3.63, 3.8) is 0 Å². The molecule has 9 heteroatoms. The summed E-state index contributed by atoms with van der Waals surface area (Å²) >= 11 is 0. The summed E-state index contributed by atoms with van der Waals surface area (Å²) in [6.07, 6.45) is -3.20. The minimum Gasteiger partial charge on any atom is -0.383 e. The lowest BCUT2D eigenvalue weighted by atomic mass is 9.99. The van der Waals surface area contributed by atoms with Crippen molar-refractivity contribution in [3.8, 4) is 0 Å². The van der Waals surface area contributed by atoms with Gasteiger partial charge in [0.25, 0.3) is 0 Å². The van der Waals surface area contributed by atoms with Crippen molar-refractivity contribution in [2.45, 2.75) is 29.5 Å². The smallest absolute Gasteiger partial charge is 0.383 e. The van der Waals surface area contributed by atoms with Crippen LogP contribution >= 0.6 is 0 Å². The first-order valence-corrected chi connectivity index (χ1v) is 8.58. The van der Waals surface area contributed by atoms with Gasteiger partial charge in [-0.15, -0.1) is 0 Å². The Bertz CT molecular complexity index is 641. The lowest BCUT2D eigenvalue weighted by molar-refractivity contribution is -0.139. The van der Waals surface area contributed by atoms with E-state index in [2.05, 4.69) is 10.0 Å². The highest BCUT2D eigenvalue weighted by Gasteiger charge is 2.39. The van der Waals surface area contributed by atoms with E-state index in [1.54, 1.807) is 0 Å². The molecule has 130 valence electrons. The molecule has 0 radical (unpaired) electrons. The van der Waals surface area contributed by atoms with Crippen LogP contribution in [0.25, 0.3) is 0 Å². The predicted octanol–water partition coefficient (Wildman–Crippen LogP) is 1.75. The first-order chi connectivity index (χ1) is 10.7. The molecule has 1 atom stereocenters. The van der Waals surface area contributed by atoms with Gasteiger partial charge in [-0.3, -0.25) is 0 Å². The predicted molar refractivity (Wildman–Crippen MR) is 78.5 cm³/mol. The molecule has 1 aliphatic heterocycles. The maximum atomic E-state index is 13.0. The zero-order valence-corrected chi connectivity index (χ0v) is 13.4. The Balaban J connectivity index is 2.23. The summed E-state index contributed by atoms with van der Waals surface area (Å²) in [6, 6.07) is 4.14. The minimum atomic E-state index is -4.73. The van der Waals surface area contributed by atoms with E-state index >= 15 is 0 Å². The van der Waals surface area contributed by atoms with Crippen LogP contribution in [0.3, 0.4) is 0 Å². The molecule has 2 N–H and O–H groups in total. The van der Waals surface area contributed by atoms with E-state index in [-0.39, 0.29) is 13.2 Å². The normalized spacial score (nSPS) is 22.4.